The number of piperidine rings is 1. The van der Waals surface area contributed by atoms with Gasteiger partial charge in [-0.05, 0) is 44.0 Å². The number of nitrogens with one attached hydrogen (secondary N) is 1. The first kappa shape index (κ1) is 16.3. The summed E-state index contributed by atoms with van der Waals surface area (Å²) in [5.74, 6) is 0.400. The van der Waals surface area contributed by atoms with E-state index in [1.54, 1.807) is 0 Å². The van der Waals surface area contributed by atoms with E-state index in [4.69, 9.17) is 4.52 Å². The van der Waals surface area contributed by atoms with E-state index >= 15 is 0 Å². The summed E-state index contributed by atoms with van der Waals surface area (Å²) in [7, 11) is 0. The van der Waals surface area contributed by atoms with E-state index in [1.807, 2.05) is 47.0 Å². The van der Waals surface area contributed by atoms with Crippen molar-refractivity contribution in [2.75, 3.05) is 13.1 Å². The monoisotopic (exact) mass is 362 g/mol. The number of hydrogen-bond donors (Lipinski definition) is 1. The molecule has 0 spiro atoms. The van der Waals surface area contributed by atoms with Gasteiger partial charge in [-0.25, -0.2) is 4.79 Å². The van der Waals surface area contributed by atoms with Crippen LogP contribution in [0.25, 0.3) is 22.0 Å². The van der Waals surface area contributed by atoms with Gasteiger partial charge in [-0.3, -0.25) is 9.47 Å². The van der Waals surface area contributed by atoms with E-state index in [0.29, 0.717) is 5.92 Å². The fourth-order valence-electron chi connectivity index (χ4n) is 4.35. The number of rotatable bonds is 3. The van der Waals surface area contributed by atoms with Crippen molar-refractivity contribution in [1.82, 2.24) is 19.6 Å². The first-order chi connectivity index (χ1) is 13.2. The minimum absolute atomic E-state index is 0.0173. The van der Waals surface area contributed by atoms with Gasteiger partial charge in [-0.1, -0.05) is 29.4 Å². The van der Waals surface area contributed by atoms with Crippen LogP contribution in [0, 0.1) is 0 Å². The maximum Gasteiger partial charge on any atom is 0.327 e. The molecule has 1 saturated heterocycles. The van der Waals surface area contributed by atoms with Gasteiger partial charge in [0.25, 0.3) is 0 Å². The van der Waals surface area contributed by atoms with Crippen molar-refractivity contribution in [3.8, 4) is 0 Å². The topological polar surface area (TPSA) is 67.1 Å². The quantitative estimate of drug-likeness (QED) is 0.601. The number of imidazole rings is 1. The van der Waals surface area contributed by atoms with Crippen molar-refractivity contribution in [2.45, 2.75) is 31.8 Å². The molecule has 1 fully saturated rings. The number of aromatic amines is 1. The number of fused-ring (bicyclic) bond motifs is 2. The second kappa shape index (κ2) is 6.39. The fourth-order valence-corrected chi connectivity index (χ4v) is 4.35. The highest BCUT2D eigenvalue weighted by molar-refractivity contribution is 5.79. The van der Waals surface area contributed by atoms with Gasteiger partial charge in [0.05, 0.1) is 22.9 Å². The molecule has 6 nitrogen and oxygen atoms in total. The molecule has 2 aromatic heterocycles. The van der Waals surface area contributed by atoms with Crippen LogP contribution in [-0.4, -0.2) is 32.7 Å². The van der Waals surface area contributed by atoms with E-state index in [-0.39, 0.29) is 11.9 Å². The number of nitrogens with zero attached hydrogens (tertiary/aromatic N) is 3. The Morgan fingerprint density at radius 3 is 2.70 bits per heavy atom. The molecule has 5 rings (SSSR count). The van der Waals surface area contributed by atoms with Crippen molar-refractivity contribution < 1.29 is 4.52 Å². The van der Waals surface area contributed by atoms with Crippen LogP contribution in [0.15, 0.2) is 57.8 Å². The van der Waals surface area contributed by atoms with E-state index < -0.39 is 0 Å². The highest BCUT2D eigenvalue weighted by Gasteiger charge is 2.28. The first-order valence-electron chi connectivity index (χ1n) is 9.50. The largest absolute Gasteiger partial charge is 0.356 e. The summed E-state index contributed by atoms with van der Waals surface area (Å²) in [4.78, 5) is 17.8. The number of likely N-dealkylation sites (tertiary alicyclic amines) is 1. The second-order valence-corrected chi connectivity index (χ2v) is 7.32. The third-order valence-corrected chi connectivity index (χ3v) is 5.85. The fraction of sp³-hybridized carbons (Fsp3) is 0.333. The highest BCUT2D eigenvalue weighted by Crippen LogP contribution is 2.34. The minimum atomic E-state index is -0.0479. The molecular weight excluding hydrogens is 340 g/mol. The maximum absolute atomic E-state index is 12.5. The molecule has 0 bridgehead atoms. The van der Waals surface area contributed by atoms with Crippen LogP contribution in [-0.2, 0) is 0 Å². The van der Waals surface area contributed by atoms with Gasteiger partial charge >= 0.3 is 5.69 Å². The van der Waals surface area contributed by atoms with Crippen molar-refractivity contribution in [2.24, 2.45) is 0 Å². The zero-order valence-corrected chi connectivity index (χ0v) is 15.3. The molecule has 1 aliphatic rings. The maximum atomic E-state index is 12.5. The lowest BCUT2D eigenvalue weighted by atomic mass is 9.91. The van der Waals surface area contributed by atoms with Crippen LogP contribution in [0.3, 0.4) is 0 Å². The van der Waals surface area contributed by atoms with Crippen molar-refractivity contribution in [3.05, 3.63) is 64.7 Å². The molecular formula is C21H22N4O2. The molecule has 0 amide bonds. The molecule has 27 heavy (non-hydrogen) atoms. The third kappa shape index (κ3) is 2.68. The number of benzene rings is 2. The molecule has 4 aromatic rings. The summed E-state index contributed by atoms with van der Waals surface area (Å²) in [6.45, 7) is 3.96. The van der Waals surface area contributed by atoms with Crippen molar-refractivity contribution >= 4 is 22.0 Å². The Kier molecular flexibility index (Phi) is 3.86. The Morgan fingerprint density at radius 1 is 1.11 bits per heavy atom. The van der Waals surface area contributed by atoms with Gasteiger partial charge in [0, 0.05) is 24.4 Å². The molecule has 0 radical (unpaired) electrons. The molecule has 1 aliphatic heterocycles. The van der Waals surface area contributed by atoms with Gasteiger partial charge < -0.3 is 9.51 Å². The van der Waals surface area contributed by atoms with E-state index in [1.165, 1.54) is 0 Å². The first-order valence-corrected chi connectivity index (χ1v) is 9.50. The van der Waals surface area contributed by atoms with E-state index in [9.17, 15) is 4.79 Å². The molecule has 6 heteroatoms. The molecule has 0 saturated carbocycles. The van der Waals surface area contributed by atoms with Gasteiger partial charge in [0.2, 0.25) is 0 Å². The molecule has 2 aromatic carbocycles. The van der Waals surface area contributed by atoms with Crippen molar-refractivity contribution in [1.29, 1.82) is 0 Å². The Labute approximate surface area is 156 Å². The highest BCUT2D eigenvalue weighted by atomic mass is 16.5. The zero-order chi connectivity index (χ0) is 18.4. The van der Waals surface area contributed by atoms with Crippen LogP contribution in [0.2, 0.25) is 0 Å². The zero-order valence-electron chi connectivity index (χ0n) is 15.3. The summed E-state index contributed by atoms with van der Waals surface area (Å²) >= 11 is 0. The Balaban J connectivity index is 1.37. The second-order valence-electron chi connectivity index (χ2n) is 7.32. The molecule has 1 unspecified atom stereocenters. The number of H-pyrrole nitrogens is 1. The van der Waals surface area contributed by atoms with E-state index in [2.05, 4.69) is 28.0 Å². The number of aromatic nitrogens is 3. The van der Waals surface area contributed by atoms with Gasteiger partial charge in [0.15, 0.2) is 5.58 Å². The summed E-state index contributed by atoms with van der Waals surface area (Å²) in [6, 6.07) is 15.9. The van der Waals surface area contributed by atoms with Crippen LogP contribution < -0.4 is 5.69 Å². The lowest BCUT2D eigenvalue weighted by Crippen LogP contribution is -2.40. The number of para-hydroxylation sites is 3. The van der Waals surface area contributed by atoms with Gasteiger partial charge in [-0.15, -0.1) is 0 Å². The van der Waals surface area contributed by atoms with Crippen LogP contribution in [0.4, 0.5) is 0 Å². The normalized spacial score (nSPS) is 17.7. The lowest BCUT2D eigenvalue weighted by molar-refractivity contribution is 0.117. The summed E-state index contributed by atoms with van der Waals surface area (Å²) in [6.07, 6.45) is 2.04. The van der Waals surface area contributed by atoms with Gasteiger partial charge in [-0.2, -0.15) is 0 Å². The number of hydrogen-bond acceptors (Lipinski definition) is 4. The molecule has 3 heterocycles. The molecule has 138 valence electrons. The Hall–Kier alpha value is -2.86. The third-order valence-electron chi connectivity index (χ3n) is 5.85. The molecule has 1 N–H and O–H groups in total. The van der Waals surface area contributed by atoms with Crippen LogP contribution in [0.5, 0.6) is 0 Å². The standard InChI is InChI=1S/C21H22N4O2/c1-14(25-18-8-4-3-7-17(18)22-21(25)26)24-12-10-15(11-13-24)20-16-6-2-5-9-19(16)27-23-20/h2-9,14-15H,10-13H2,1H3,(H,22,26). The summed E-state index contributed by atoms with van der Waals surface area (Å²) in [5, 5.41) is 5.46. The van der Waals surface area contributed by atoms with Crippen molar-refractivity contribution in [3.63, 3.8) is 0 Å². The average molecular weight is 362 g/mol. The minimum Gasteiger partial charge on any atom is -0.356 e. The average Bonchev–Trinajstić information content (AvgIpc) is 3.28. The molecule has 0 aliphatic carbocycles. The summed E-state index contributed by atoms with van der Waals surface area (Å²) in [5.41, 5.74) is 3.72. The predicted molar refractivity (Wildman–Crippen MR) is 105 cm³/mol. The van der Waals surface area contributed by atoms with Crippen LogP contribution >= 0.6 is 0 Å². The van der Waals surface area contributed by atoms with E-state index in [0.717, 1.165) is 53.6 Å². The smallest absolute Gasteiger partial charge is 0.327 e. The predicted octanol–water partition coefficient (Wildman–Crippen LogP) is 3.87. The SMILES string of the molecule is CC(N1CCC(c2noc3ccccc23)CC1)n1c(=O)[nH]c2ccccc21. The summed E-state index contributed by atoms with van der Waals surface area (Å²) < 4.78 is 7.35. The lowest BCUT2D eigenvalue weighted by Gasteiger charge is -2.35. The Morgan fingerprint density at radius 2 is 1.85 bits per heavy atom. The van der Waals surface area contributed by atoms with Gasteiger partial charge in [0.1, 0.15) is 0 Å². The Bertz CT molecular complexity index is 1150. The molecule has 1 atom stereocenters. The van der Waals surface area contributed by atoms with Crippen LogP contribution in [0.1, 0.15) is 37.5 Å².